The third kappa shape index (κ3) is 1.44. The van der Waals surface area contributed by atoms with Gasteiger partial charge in [0.15, 0.2) is 5.43 Å². The lowest BCUT2D eigenvalue weighted by molar-refractivity contribution is 0.0690. The number of hydrogen-bond acceptors (Lipinski definition) is 3. The van der Waals surface area contributed by atoms with Crippen LogP contribution < -0.4 is 5.43 Å². The topological polar surface area (TPSA) is 88.0 Å². The Morgan fingerprint density at radius 1 is 1.59 bits per heavy atom. The van der Waals surface area contributed by atoms with Crippen LogP contribution in [0.2, 0.25) is 0 Å². The van der Waals surface area contributed by atoms with Crippen LogP contribution in [0.15, 0.2) is 10.9 Å². The van der Waals surface area contributed by atoms with E-state index >= 15 is 0 Å². The molecule has 6 nitrogen and oxygen atoms in total. The van der Waals surface area contributed by atoms with Crippen molar-refractivity contribution in [1.29, 1.82) is 0 Å². The molecule has 0 spiro atoms. The molecule has 0 aliphatic heterocycles. The van der Waals surface area contributed by atoms with Crippen LogP contribution in [0, 0.1) is 0 Å². The predicted octanol–water partition coefficient (Wildman–Crippen LogP) is 0.837. The number of fused-ring (bicyclic) bond motifs is 1. The monoisotopic (exact) mass is 233 g/mol. The number of pyridine rings is 1. The van der Waals surface area contributed by atoms with Gasteiger partial charge < -0.3 is 10.1 Å². The zero-order valence-corrected chi connectivity index (χ0v) is 9.23. The van der Waals surface area contributed by atoms with Gasteiger partial charge in [-0.3, -0.25) is 9.48 Å². The number of carboxylic acids is 1. The van der Waals surface area contributed by atoms with E-state index in [2.05, 4.69) is 10.1 Å². The number of aromatic nitrogens is 3. The zero-order valence-electron chi connectivity index (χ0n) is 9.23. The first-order chi connectivity index (χ1) is 8.08. The fraction of sp³-hybridized carbons (Fsp3) is 0.364. The molecular formula is C11H11N3O3. The van der Waals surface area contributed by atoms with Crippen molar-refractivity contribution in [2.45, 2.75) is 18.8 Å². The normalized spacial score (nSPS) is 15.4. The van der Waals surface area contributed by atoms with E-state index in [1.54, 1.807) is 7.05 Å². The number of aryl methyl sites for hydroxylation is 1. The van der Waals surface area contributed by atoms with Gasteiger partial charge in [-0.2, -0.15) is 5.10 Å². The fourth-order valence-corrected chi connectivity index (χ4v) is 2.06. The van der Waals surface area contributed by atoms with Crippen molar-refractivity contribution in [3.8, 4) is 0 Å². The molecule has 0 saturated heterocycles. The van der Waals surface area contributed by atoms with Gasteiger partial charge in [0.05, 0.1) is 11.1 Å². The van der Waals surface area contributed by atoms with Gasteiger partial charge >= 0.3 is 5.97 Å². The predicted molar refractivity (Wildman–Crippen MR) is 60.3 cm³/mol. The minimum Gasteiger partial charge on any atom is -0.477 e. The summed E-state index contributed by atoms with van der Waals surface area (Å²) in [7, 11) is 1.70. The standard InChI is InChI=1S/C11H11N3O3/c1-14-10-8(9(13-14)5-2-3-5)7(15)4-6(12-10)11(16)17/h4-5H,2-3H2,1H3,(H,12,15)(H,16,17). The summed E-state index contributed by atoms with van der Waals surface area (Å²) in [6.45, 7) is 0. The van der Waals surface area contributed by atoms with Crippen LogP contribution in [0.1, 0.15) is 34.9 Å². The lowest BCUT2D eigenvalue weighted by Gasteiger charge is -1.97. The molecule has 6 heteroatoms. The summed E-state index contributed by atoms with van der Waals surface area (Å²) in [4.78, 5) is 25.5. The van der Waals surface area contributed by atoms with Crippen LogP contribution in [-0.2, 0) is 7.05 Å². The Kier molecular flexibility index (Phi) is 1.89. The molecule has 1 fully saturated rings. The van der Waals surface area contributed by atoms with Crippen molar-refractivity contribution >= 4 is 17.0 Å². The maximum Gasteiger partial charge on any atom is 0.352 e. The Bertz CT molecular complexity index is 679. The summed E-state index contributed by atoms with van der Waals surface area (Å²) in [6.07, 6.45) is 2.10. The summed E-state index contributed by atoms with van der Waals surface area (Å²) in [5.41, 5.74) is 0.900. The molecule has 2 heterocycles. The van der Waals surface area contributed by atoms with E-state index in [0.717, 1.165) is 24.6 Å². The molecule has 1 aliphatic carbocycles. The third-order valence-corrected chi connectivity index (χ3v) is 3.04. The second kappa shape index (κ2) is 3.19. The number of carbonyl (C=O) groups is 1. The minimum absolute atomic E-state index is 0.104. The van der Waals surface area contributed by atoms with Gasteiger partial charge in [-0.05, 0) is 12.8 Å². The summed E-state index contributed by atoms with van der Waals surface area (Å²) >= 11 is 0. The maximum absolute atomic E-state index is 11.9. The van der Waals surface area contributed by atoms with Crippen LogP contribution in [0.3, 0.4) is 0 Å². The van der Waals surface area contributed by atoms with Gasteiger partial charge in [-0.15, -0.1) is 0 Å². The Morgan fingerprint density at radius 3 is 2.88 bits per heavy atom. The van der Waals surface area contributed by atoms with E-state index in [-0.39, 0.29) is 11.1 Å². The quantitative estimate of drug-likeness (QED) is 0.804. The summed E-state index contributed by atoms with van der Waals surface area (Å²) in [5.74, 6) is -0.784. The van der Waals surface area contributed by atoms with Crippen molar-refractivity contribution < 1.29 is 9.90 Å². The Labute approximate surface area is 95.9 Å². The first-order valence-corrected chi connectivity index (χ1v) is 5.41. The maximum atomic E-state index is 11.9. The number of aromatic carboxylic acids is 1. The highest BCUT2D eigenvalue weighted by atomic mass is 16.4. The van der Waals surface area contributed by atoms with E-state index in [9.17, 15) is 9.59 Å². The van der Waals surface area contributed by atoms with Crippen LogP contribution in [0.25, 0.3) is 11.0 Å². The van der Waals surface area contributed by atoms with E-state index in [1.807, 2.05) is 0 Å². The molecule has 17 heavy (non-hydrogen) atoms. The lowest BCUT2D eigenvalue weighted by Crippen LogP contribution is -2.10. The average molecular weight is 233 g/mol. The van der Waals surface area contributed by atoms with E-state index < -0.39 is 5.97 Å². The van der Waals surface area contributed by atoms with Crippen molar-refractivity contribution in [3.63, 3.8) is 0 Å². The van der Waals surface area contributed by atoms with Crippen LogP contribution in [0.4, 0.5) is 0 Å². The number of aromatic amines is 1. The van der Waals surface area contributed by atoms with Crippen molar-refractivity contribution in [3.05, 3.63) is 27.7 Å². The first kappa shape index (κ1) is 10.1. The number of rotatable bonds is 2. The van der Waals surface area contributed by atoms with Crippen LogP contribution in [-0.4, -0.2) is 25.8 Å². The molecule has 2 N–H and O–H groups in total. The van der Waals surface area contributed by atoms with Crippen molar-refractivity contribution in [1.82, 2.24) is 14.8 Å². The highest BCUT2D eigenvalue weighted by Crippen LogP contribution is 2.41. The Balaban J connectivity index is 2.36. The molecule has 0 atom stereocenters. The Morgan fingerprint density at radius 2 is 2.29 bits per heavy atom. The van der Waals surface area contributed by atoms with Gasteiger partial charge in [0, 0.05) is 19.0 Å². The van der Waals surface area contributed by atoms with Gasteiger partial charge in [0.25, 0.3) is 0 Å². The van der Waals surface area contributed by atoms with Crippen LogP contribution >= 0.6 is 0 Å². The molecule has 2 aromatic rings. The molecule has 0 radical (unpaired) electrons. The smallest absolute Gasteiger partial charge is 0.352 e. The number of H-pyrrole nitrogens is 1. The largest absolute Gasteiger partial charge is 0.477 e. The molecule has 0 unspecified atom stereocenters. The Hall–Kier alpha value is -2.11. The summed E-state index contributed by atoms with van der Waals surface area (Å²) < 4.78 is 1.54. The van der Waals surface area contributed by atoms with E-state index in [0.29, 0.717) is 17.0 Å². The highest BCUT2D eigenvalue weighted by Gasteiger charge is 2.30. The van der Waals surface area contributed by atoms with Gasteiger partial charge in [0.1, 0.15) is 11.3 Å². The minimum atomic E-state index is -1.14. The fourth-order valence-electron chi connectivity index (χ4n) is 2.06. The summed E-state index contributed by atoms with van der Waals surface area (Å²) in [5, 5.41) is 13.7. The van der Waals surface area contributed by atoms with E-state index in [4.69, 9.17) is 5.11 Å². The molecule has 0 aromatic carbocycles. The molecule has 0 amide bonds. The molecule has 3 rings (SSSR count). The molecule has 1 aliphatic rings. The molecule has 2 aromatic heterocycles. The van der Waals surface area contributed by atoms with Crippen molar-refractivity contribution in [2.24, 2.45) is 7.05 Å². The van der Waals surface area contributed by atoms with Crippen LogP contribution in [0.5, 0.6) is 0 Å². The first-order valence-electron chi connectivity index (χ1n) is 5.41. The van der Waals surface area contributed by atoms with Gasteiger partial charge in [-0.25, -0.2) is 4.79 Å². The zero-order chi connectivity index (χ0) is 12.2. The SMILES string of the molecule is Cn1nc(C2CC2)c2c(=O)cc(C(=O)O)[nH]c21. The molecule has 88 valence electrons. The number of hydrogen-bond donors (Lipinski definition) is 2. The molecule has 0 bridgehead atoms. The second-order valence-electron chi connectivity index (χ2n) is 4.36. The average Bonchev–Trinajstić information content (AvgIpc) is 3.04. The molecule has 1 saturated carbocycles. The number of carboxylic acid groups (broad SMARTS) is 1. The van der Waals surface area contributed by atoms with Crippen molar-refractivity contribution in [2.75, 3.05) is 0 Å². The molecular weight excluding hydrogens is 222 g/mol. The third-order valence-electron chi connectivity index (χ3n) is 3.04. The van der Waals surface area contributed by atoms with E-state index in [1.165, 1.54) is 4.68 Å². The summed E-state index contributed by atoms with van der Waals surface area (Å²) in [6, 6.07) is 1.12. The second-order valence-corrected chi connectivity index (χ2v) is 4.36. The lowest BCUT2D eigenvalue weighted by atomic mass is 10.2. The van der Waals surface area contributed by atoms with Gasteiger partial charge in [0.2, 0.25) is 0 Å². The number of nitrogens with one attached hydrogen (secondary N) is 1. The highest BCUT2D eigenvalue weighted by molar-refractivity contribution is 5.89. The van der Waals surface area contributed by atoms with Gasteiger partial charge in [-0.1, -0.05) is 0 Å². The number of nitrogens with zero attached hydrogens (tertiary/aromatic N) is 2.